The van der Waals surface area contributed by atoms with E-state index in [9.17, 15) is 9.59 Å². The lowest BCUT2D eigenvalue weighted by molar-refractivity contribution is -0.135. The molecular weight excluding hydrogens is 857 g/mol. The molecule has 65 heavy (non-hydrogen) atoms. The molecule has 18 nitrogen and oxygen atoms in total. The van der Waals surface area contributed by atoms with Gasteiger partial charge < -0.3 is 26.4 Å². The first kappa shape index (κ1) is 53.7. The number of aromatic amines is 1. The predicted molar refractivity (Wildman–Crippen MR) is 257 cm³/mol. The topological polar surface area (TPSA) is 312 Å². The second kappa shape index (κ2) is 29.8. The average molecular weight is 913 g/mol. The van der Waals surface area contributed by atoms with Gasteiger partial charge >= 0.3 is 10.4 Å². The summed E-state index contributed by atoms with van der Waals surface area (Å²) in [6, 6.07) is 43.9. The number of rotatable bonds is 5. The Balaban J connectivity index is 0.000000290. The molecule has 2 aliphatic carbocycles. The third-order valence-electron chi connectivity index (χ3n) is 8.47. The van der Waals surface area contributed by atoms with E-state index in [1.807, 2.05) is 121 Å². The minimum absolute atomic E-state index is 0.240. The smallest absolute Gasteiger partial charge is 0.394 e. The van der Waals surface area contributed by atoms with Crippen molar-refractivity contribution >= 4 is 89.9 Å². The van der Waals surface area contributed by atoms with Crippen LogP contribution < -0.4 is 27.9 Å². The number of carbonyl (C=O) groups is 4. The number of H-pyrrole nitrogens is 1. The number of benzene rings is 5. The van der Waals surface area contributed by atoms with E-state index in [2.05, 4.69) is 43.6 Å². The van der Waals surface area contributed by atoms with Gasteiger partial charge in [-0.05, 0) is 86.3 Å². The fourth-order valence-electron chi connectivity index (χ4n) is 5.57. The second-order valence-electron chi connectivity index (χ2n) is 13.9. The molecule has 2 aliphatic rings. The summed E-state index contributed by atoms with van der Waals surface area (Å²) in [6.07, 6.45) is 5.81. The number of anilines is 4. The summed E-state index contributed by atoms with van der Waals surface area (Å²) in [5.41, 5.74) is 23.0. The Kier molecular flexibility index (Phi) is 24.6. The predicted octanol–water partition coefficient (Wildman–Crippen LogP) is 8.60. The minimum atomic E-state index is -4.67. The summed E-state index contributed by atoms with van der Waals surface area (Å²) in [5, 5.41) is 26.3. The maximum Gasteiger partial charge on any atom is 0.394 e. The summed E-state index contributed by atoms with van der Waals surface area (Å²) >= 11 is 0. The number of hydrazine groups is 1. The molecule has 19 heteroatoms. The van der Waals surface area contributed by atoms with E-state index in [4.69, 9.17) is 48.9 Å². The van der Waals surface area contributed by atoms with E-state index >= 15 is 0 Å². The Morgan fingerprint density at radius 3 is 1.26 bits per heavy atom. The van der Waals surface area contributed by atoms with Crippen LogP contribution in [0.15, 0.2) is 144 Å². The van der Waals surface area contributed by atoms with E-state index in [0.29, 0.717) is 25.7 Å². The van der Waals surface area contributed by atoms with Crippen LogP contribution in [-0.2, 0) is 29.6 Å². The first-order chi connectivity index (χ1) is 30.9. The maximum atomic E-state index is 10.5. The highest BCUT2D eigenvalue weighted by atomic mass is 32.3. The molecule has 2 fully saturated rings. The molecule has 0 amide bonds. The number of aliphatic carboxylic acids is 2. The number of carboxylic acids is 2. The number of hydrogen-bond donors (Lipinski definition) is 10. The highest BCUT2D eigenvalue weighted by molar-refractivity contribution is 7.79. The fraction of sp³-hybridized carbons (Fsp3) is 0.217. The van der Waals surface area contributed by atoms with Crippen LogP contribution in [0.25, 0.3) is 21.8 Å². The van der Waals surface area contributed by atoms with Gasteiger partial charge in [0.25, 0.3) is 11.9 Å². The van der Waals surface area contributed by atoms with Gasteiger partial charge in [0.1, 0.15) is 11.6 Å². The molecule has 0 saturated heterocycles. The van der Waals surface area contributed by atoms with Crippen LogP contribution in [0, 0.1) is 0 Å². The van der Waals surface area contributed by atoms with Crippen molar-refractivity contribution in [3.05, 3.63) is 133 Å². The monoisotopic (exact) mass is 912 g/mol. The molecule has 2 saturated carbocycles. The summed E-state index contributed by atoms with van der Waals surface area (Å²) in [5.74, 6) is 3.91. The summed E-state index contributed by atoms with van der Waals surface area (Å²) in [7, 11) is -4.67. The molecule has 5 aromatic carbocycles. The normalized spacial score (nSPS) is 12.6. The van der Waals surface area contributed by atoms with Crippen molar-refractivity contribution in [2.24, 2.45) is 16.0 Å². The lowest BCUT2D eigenvalue weighted by Gasteiger charge is -2.15. The van der Waals surface area contributed by atoms with Crippen LogP contribution >= 0.6 is 0 Å². The zero-order valence-corrected chi connectivity index (χ0v) is 36.9. The number of hydrazone groups is 2. The Bertz CT molecular complexity index is 2430. The van der Waals surface area contributed by atoms with E-state index < -0.39 is 22.3 Å². The van der Waals surface area contributed by atoms with Gasteiger partial charge in [-0.1, -0.05) is 72.8 Å². The van der Waals surface area contributed by atoms with Crippen LogP contribution in [0.5, 0.6) is 0 Å². The molecule has 0 bridgehead atoms. The van der Waals surface area contributed by atoms with Gasteiger partial charge in [-0.3, -0.25) is 45.0 Å². The number of Topliss-reactive ketones (excluding diaryl/α,β-unsaturated/α-hetero) is 2. The first-order valence-electron chi connectivity index (χ1n) is 20.1. The second-order valence-corrected chi connectivity index (χ2v) is 14.8. The van der Waals surface area contributed by atoms with Gasteiger partial charge in [0.15, 0.2) is 0 Å². The number of fused-ring (bicyclic) bond motifs is 3. The maximum absolute atomic E-state index is 10.5. The number of ketones is 2. The van der Waals surface area contributed by atoms with Gasteiger partial charge in [0.05, 0.1) is 11.4 Å². The largest absolute Gasteiger partial charge is 0.481 e. The first-order valence-corrected chi connectivity index (χ1v) is 21.5. The summed E-state index contributed by atoms with van der Waals surface area (Å²) < 4.78 is 31.6. The van der Waals surface area contributed by atoms with Crippen molar-refractivity contribution in [1.82, 2.24) is 4.98 Å². The van der Waals surface area contributed by atoms with Crippen molar-refractivity contribution in [1.29, 1.82) is 0 Å². The van der Waals surface area contributed by atoms with Gasteiger partial charge in [-0.2, -0.15) is 18.6 Å². The molecular formula is C46H56N8O10S. The Morgan fingerprint density at radius 1 is 0.554 bits per heavy atom. The fourth-order valence-corrected chi connectivity index (χ4v) is 5.57. The zero-order valence-electron chi connectivity index (χ0n) is 36.1. The summed E-state index contributed by atoms with van der Waals surface area (Å²) in [4.78, 5) is 42.3. The van der Waals surface area contributed by atoms with E-state index in [0.717, 1.165) is 73.3 Å². The van der Waals surface area contributed by atoms with E-state index in [1.165, 1.54) is 22.2 Å². The highest BCUT2D eigenvalue weighted by Crippen LogP contribution is 2.26. The van der Waals surface area contributed by atoms with Crippen molar-refractivity contribution in [2.45, 2.75) is 65.2 Å². The standard InChI is InChI=1S/C18H20N4.C12H10N2.C6H8N2.C6H8O2.2C2H4O2.H2O4S/c1-3-7-15(8-4-1)19-21-17-11-13-18(14-12-17)22-20-16-9-5-2-6-10-16;13-8-5-6-12-10(7-8)9-3-1-2-4-11(9)14-12;7-8-6-4-2-1-3-5-6;7-5-1-2-6(8)4-3-5;2*1-2(3)4;1-5(2,3)4/h1-10,19-20H,11-14H2;1-7,14H,13H2;1-5,8H,7H2;1-4H2;2*1H3,(H,3,4);(H2,1,2,3,4). The summed E-state index contributed by atoms with van der Waals surface area (Å²) in [6.45, 7) is 2.17. The number of aromatic nitrogens is 1. The highest BCUT2D eigenvalue weighted by Gasteiger charge is 2.14. The number of hydrogen-bond acceptors (Lipinski definition) is 13. The Labute approximate surface area is 377 Å². The van der Waals surface area contributed by atoms with E-state index in [1.54, 1.807) is 0 Å². The molecule has 0 atom stereocenters. The van der Waals surface area contributed by atoms with Gasteiger partial charge in [0, 0.05) is 84.1 Å². The van der Waals surface area contributed by atoms with Crippen molar-refractivity contribution in [3.8, 4) is 0 Å². The molecule has 8 rings (SSSR count). The third kappa shape index (κ3) is 25.9. The third-order valence-corrected chi connectivity index (χ3v) is 8.47. The average Bonchev–Trinajstić information content (AvgIpc) is 3.65. The molecule has 0 radical (unpaired) electrons. The number of para-hydroxylation sites is 4. The number of carboxylic acid groups (broad SMARTS) is 2. The van der Waals surface area contributed by atoms with Crippen molar-refractivity contribution < 1.29 is 46.9 Å². The van der Waals surface area contributed by atoms with E-state index in [-0.39, 0.29) is 11.6 Å². The minimum Gasteiger partial charge on any atom is -0.481 e. The molecule has 12 N–H and O–H groups in total. The number of nitrogens with one attached hydrogen (secondary N) is 4. The van der Waals surface area contributed by atoms with Gasteiger partial charge in [-0.15, -0.1) is 0 Å². The molecule has 6 aromatic rings. The Morgan fingerprint density at radius 2 is 0.892 bits per heavy atom. The lowest BCUT2D eigenvalue weighted by atomic mass is 9.97. The molecule has 0 spiro atoms. The molecule has 1 heterocycles. The number of nitrogens with zero attached hydrogens (tertiary/aromatic N) is 2. The number of nitrogen functional groups attached to an aromatic ring is 2. The lowest BCUT2D eigenvalue weighted by Crippen LogP contribution is -2.16. The van der Waals surface area contributed by atoms with Gasteiger partial charge in [0.2, 0.25) is 0 Å². The van der Waals surface area contributed by atoms with Crippen molar-refractivity contribution in [3.63, 3.8) is 0 Å². The Hall–Kier alpha value is -7.45. The molecule has 346 valence electrons. The molecule has 1 aromatic heterocycles. The quantitative estimate of drug-likeness (QED) is 0.0335. The van der Waals surface area contributed by atoms with Crippen molar-refractivity contribution in [2.75, 3.05) is 22.0 Å². The van der Waals surface area contributed by atoms with Crippen LogP contribution in [0.2, 0.25) is 0 Å². The van der Waals surface area contributed by atoms with Crippen LogP contribution in [-0.4, -0.2) is 67.6 Å². The van der Waals surface area contributed by atoms with Gasteiger partial charge in [-0.25, -0.2) is 0 Å². The van der Waals surface area contributed by atoms with Crippen LogP contribution in [0.1, 0.15) is 65.2 Å². The SMILES string of the molecule is CC(=O)O.CC(=O)O.NNc1ccccc1.Nc1ccc2[nH]c3ccccc3c2c1.O=C1CCC(=O)CC1.O=S(=O)(O)O.c1ccc(NN=C2CCC(=NNc3ccccc3)CC2)cc1. The zero-order chi connectivity index (χ0) is 48.0. The van der Waals surface area contributed by atoms with Crippen LogP contribution in [0.4, 0.5) is 22.7 Å². The number of nitrogens with two attached hydrogens (primary N) is 2. The molecule has 0 aliphatic heterocycles. The number of carbonyl (C=O) groups excluding carboxylic acids is 2. The molecule has 0 unspecified atom stereocenters. The van der Waals surface area contributed by atoms with Crippen LogP contribution in [0.3, 0.4) is 0 Å².